The Balaban J connectivity index is 2.19. The number of halogens is 1. The average Bonchev–Trinajstić information content (AvgIpc) is 2.61. The molecule has 1 aromatic heterocycles. The third kappa shape index (κ3) is 2.87. The Kier molecular flexibility index (Phi) is 5.10. The molecule has 0 aliphatic heterocycles. The molecule has 1 aromatic rings. The third-order valence-corrected chi connectivity index (χ3v) is 5.03. The van der Waals surface area contributed by atoms with Gasteiger partial charge in [0.2, 0.25) is 0 Å². The predicted octanol–water partition coefficient (Wildman–Crippen LogP) is 2.86. The molecule has 0 bridgehead atoms. The zero-order valence-corrected chi connectivity index (χ0v) is 13.8. The molecule has 0 saturated heterocycles. The SMILES string of the molecule is CCCNC(Cc1c(C)nn(C)c1Cl)C1(OC)CCC1. The van der Waals surface area contributed by atoms with Crippen molar-refractivity contribution in [2.45, 2.75) is 57.6 Å². The van der Waals surface area contributed by atoms with Gasteiger partial charge in [0.15, 0.2) is 0 Å². The number of nitrogens with zero attached hydrogens (tertiary/aromatic N) is 2. The van der Waals surface area contributed by atoms with Crippen LogP contribution in [0.2, 0.25) is 5.15 Å². The molecule has 1 unspecified atom stereocenters. The Bertz CT molecular complexity index is 449. The number of hydrogen-bond acceptors (Lipinski definition) is 3. The highest BCUT2D eigenvalue weighted by atomic mass is 35.5. The van der Waals surface area contributed by atoms with Crippen LogP contribution in [0, 0.1) is 6.92 Å². The second kappa shape index (κ2) is 6.46. The highest BCUT2D eigenvalue weighted by Crippen LogP contribution is 2.40. The van der Waals surface area contributed by atoms with Crippen LogP contribution >= 0.6 is 11.6 Å². The van der Waals surface area contributed by atoms with E-state index in [9.17, 15) is 0 Å². The molecule has 1 atom stereocenters. The molecule has 1 aliphatic carbocycles. The van der Waals surface area contributed by atoms with Crippen molar-refractivity contribution in [2.75, 3.05) is 13.7 Å². The highest BCUT2D eigenvalue weighted by Gasteiger charge is 2.44. The van der Waals surface area contributed by atoms with E-state index < -0.39 is 0 Å². The lowest BCUT2D eigenvalue weighted by atomic mass is 9.72. The zero-order chi connectivity index (χ0) is 14.8. The fourth-order valence-electron chi connectivity index (χ4n) is 3.09. The second-order valence-corrected chi connectivity index (χ2v) is 6.17. The van der Waals surface area contributed by atoms with Crippen molar-refractivity contribution < 1.29 is 4.74 Å². The van der Waals surface area contributed by atoms with E-state index in [0.717, 1.165) is 48.6 Å². The van der Waals surface area contributed by atoms with Crippen molar-refractivity contribution in [1.29, 1.82) is 0 Å². The fourth-order valence-corrected chi connectivity index (χ4v) is 3.34. The van der Waals surface area contributed by atoms with Gasteiger partial charge in [0, 0.05) is 25.8 Å². The third-order valence-electron chi connectivity index (χ3n) is 4.56. The lowest BCUT2D eigenvalue weighted by molar-refractivity contribution is -0.0980. The van der Waals surface area contributed by atoms with Gasteiger partial charge in [-0.1, -0.05) is 18.5 Å². The van der Waals surface area contributed by atoms with E-state index >= 15 is 0 Å². The summed E-state index contributed by atoms with van der Waals surface area (Å²) >= 11 is 6.38. The average molecular weight is 300 g/mol. The van der Waals surface area contributed by atoms with Gasteiger partial charge in [-0.3, -0.25) is 4.68 Å². The number of rotatable bonds is 7. The van der Waals surface area contributed by atoms with Crippen LogP contribution in [0.4, 0.5) is 0 Å². The summed E-state index contributed by atoms with van der Waals surface area (Å²) in [5.74, 6) is 0. The summed E-state index contributed by atoms with van der Waals surface area (Å²) in [6, 6.07) is 0.307. The van der Waals surface area contributed by atoms with E-state index in [2.05, 4.69) is 17.3 Å². The molecular formula is C15H26ClN3O. The smallest absolute Gasteiger partial charge is 0.130 e. The summed E-state index contributed by atoms with van der Waals surface area (Å²) in [4.78, 5) is 0. The van der Waals surface area contributed by atoms with Crippen LogP contribution < -0.4 is 5.32 Å². The molecule has 1 aliphatic rings. The summed E-state index contributed by atoms with van der Waals surface area (Å²) in [7, 11) is 3.72. The molecule has 1 fully saturated rings. The van der Waals surface area contributed by atoms with Crippen LogP contribution in [-0.2, 0) is 18.2 Å². The number of nitrogens with one attached hydrogen (secondary N) is 1. The van der Waals surface area contributed by atoms with E-state index in [1.807, 2.05) is 21.1 Å². The van der Waals surface area contributed by atoms with E-state index in [0.29, 0.717) is 6.04 Å². The monoisotopic (exact) mass is 299 g/mol. The number of aromatic nitrogens is 2. The summed E-state index contributed by atoms with van der Waals surface area (Å²) in [6.45, 7) is 5.22. The number of ether oxygens (including phenoxy) is 1. The Hall–Kier alpha value is -0.580. The maximum atomic E-state index is 6.38. The molecule has 0 amide bonds. The van der Waals surface area contributed by atoms with Crippen molar-refractivity contribution >= 4 is 11.6 Å². The lowest BCUT2D eigenvalue weighted by Crippen LogP contribution is -2.57. The molecule has 2 rings (SSSR count). The van der Waals surface area contributed by atoms with Crippen molar-refractivity contribution in [2.24, 2.45) is 7.05 Å². The second-order valence-electron chi connectivity index (χ2n) is 5.81. The molecule has 0 radical (unpaired) electrons. The minimum Gasteiger partial charge on any atom is -0.377 e. The Morgan fingerprint density at radius 2 is 2.20 bits per heavy atom. The maximum Gasteiger partial charge on any atom is 0.130 e. The Morgan fingerprint density at radius 1 is 1.50 bits per heavy atom. The van der Waals surface area contributed by atoms with Crippen LogP contribution in [0.25, 0.3) is 0 Å². The van der Waals surface area contributed by atoms with Gasteiger partial charge in [0.05, 0.1) is 11.3 Å². The maximum absolute atomic E-state index is 6.38. The first-order chi connectivity index (χ1) is 9.54. The minimum absolute atomic E-state index is 0.0270. The molecule has 20 heavy (non-hydrogen) atoms. The van der Waals surface area contributed by atoms with Crippen molar-refractivity contribution in [1.82, 2.24) is 15.1 Å². The van der Waals surface area contributed by atoms with Gasteiger partial charge in [-0.05, 0) is 45.6 Å². The Labute approximate surface area is 126 Å². The lowest BCUT2D eigenvalue weighted by Gasteiger charge is -2.47. The standard InChI is InChI=1S/C15H26ClN3O/c1-5-9-17-13(15(20-4)7-6-8-15)10-12-11(2)18-19(3)14(12)16/h13,17H,5-10H2,1-4H3. The van der Waals surface area contributed by atoms with Crippen LogP contribution in [0.1, 0.15) is 43.9 Å². The number of hydrogen-bond donors (Lipinski definition) is 1. The zero-order valence-electron chi connectivity index (χ0n) is 13.0. The molecular weight excluding hydrogens is 274 g/mol. The molecule has 0 aromatic carbocycles. The van der Waals surface area contributed by atoms with Crippen LogP contribution in [-0.4, -0.2) is 35.1 Å². The molecule has 5 heteroatoms. The molecule has 0 spiro atoms. The van der Waals surface area contributed by atoms with Gasteiger partial charge in [0.1, 0.15) is 5.15 Å². The Morgan fingerprint density at radius 3 is 2.60 bits per heavy atom. The van der Waals surface area contributed by atoms with E-state index in [1.165, 1.54) is 6.42 Å². The summed E-state index contributed by atoms with van der Waals surface area (Å²) in [5, 5.41) is 8.81. The summed E-state index contributed by atoms with van der Waals surface area (Å²) in [5.41, 5.74) is 2.14. The van der Waals surface area contributed by atoms with Gasteiger partial charge >= 0.3 is 0 Å². The van der Waals surface area contributed by atoms with Crippen molar-refractivity contribution in [3.05, 3.63) is 16.4 Å². The van der Waals surface area contributed by atoms with E-state index in [-0.39, 0.29) is 5.60 Å². The first kappa shape index (κ1) is 15.8. The normalized spacial score (nSPS) is 18.9. The number of aryl methyl sites for hydroxylation is 2. The van der Waals surface area contributed by atoms with Crippen molar-refractivity contribution in [3.63, 3.8) is 0 Å². The van der Waals surface area contributed by atoms with Gasteiger partial charge in [0.25, 0.3) is 0 Å². The summed E-state index contributed by atoms with van der Waals surface area (Å²) in [6.07, 6.45) is 5.50. The topological polar surface area (TPSA) is 39.1 Å². The molecule has 1 heterocycles. The van der Waals surface area contributed by atoms with Crippen molar-refractivity contribution in [3.8, 4) is 0 Å². The first-order valence-corrected chi connectivity index (χ1v) is 7.88. The van der Waals surface area contributed by atoms with Gasteiger partial charge in [-0.25, -0.2) is 0 Å². The van der Waals surface area contributed by atoms with Crippen LogP contribution in [0.3, 0.4) is 0 Å². The van der Waals surface area contributed by atoms with Gasteiger partial charge in [-0.2, -0.15) is 5.10 Å². The molecule has 4 nitrogen and oxygen atoms in total. The molecule has 114 valence electrons. The van der Waals surface area contributed by atoms with Crippen LogP contribution in [0.5, 0.6) is 0 Å². The fraction of sp³-hybridized carbons (Fsp3) is 0.800. The van der Waals surface area contributed by atoms with E-state index in [1.54, 1.807) is 4.68 Å². The predicted molar refractivity (Wildman–Crippen MR) is 82.3 cm³/mol. The molecule has 1 saturated carbocycles. The van der Waals surface area contributed by atoms with Gasteiger partial charge in [-0.15, -0.1) is 0 Å². The quantitative estimate of drug-likeness (QED) is 0.841. The largest absolute Gasteiger partial charge is 0.377 e. The van der Waals surface area contributed by atoms with E-state index in [4.69, 9.17) is 16.3 Å². The highest BCUT2D eigenvalue weighted by molar-refractivity contribution is 6.30. The van der Waals surface area contributed by atoms with Gasteiger partial charge < -0.3 is 10.1 Å². The molecule has 1 N–H and O–H groups in total. The van der Waals surface area contributed by atoms with Crippen LogP contribution in [0.15, 0.2) is 0 Å². The minimum atomic E-state index is -0.0270. The first-order valence-electron chi connectivity index (χ1n) is 7.50. The summed E-state index contributed by atoms with van der Waals surface area (Å²) < 4.78 is 7.61. The number of methoxy groups -OCH3 is 1.